The number of benzene rings is 2. The Balaban J connectivity index is 2.14. The van der Waals surface area contributed by atoms with Crippen LogP contribution in [0.2, 0.25) is 0 Å². The molecule has 5 heteroatoms. The molecule has 0 aliphatic rings. The predicted octanol–water partition coefficient (Wildman–Crippen LogP) is 4.00. The average Bonchev–Trinajstić information content (AvgIpc) is 2.77. The van der Waals surface area contributed by atoms with Crippen LogP contribution < -0.4 is 10.1 Å². The molecule has 1 N–H and O–H groups in total. The minimum Gasteiger partial charge on any atom is -0.497 e. The van der Waals surface area contributed by atoms with E-state index in [1.165, 1.54) is 0 Å². The highest BCUT2D eigenvalue weighted by molar-refractivity contribution is 5.88. The maximum absolute atomic E-state index is 13.2. The molecular formula is C25H34N2O3. The highest BCUT2D eigenvalue weighted by atomic mass is 16.5. The number of unbranched alkanes of at least 4 members (excludes halogenated alkanes) is 1. The molecule has 0 radical (unpaired) electrons. The quantitative estimate of drug-likeness (QED) is 0.538. The minimum absolute atomic E-state index is 0.0337. The number of carbonyl (C=O) groups is 2. The molecule has 2 aromatic carbocycles. The molecule has 0 unspecified atom stereocenters. The maximum Gasteiger partial charge on any atom is 0.242 e. The predicted molar refractivity (Wildman–Crippen MR) is 121 cm³/mol. The zero-order chi connectivity index (χ0) is 21.8. The summed E-state index contributed by atoms with van der Waals surface area (Å²) in [6.45, 7) is 5.21. The van der Waals surface area contributed by atoms with Crippen molar-refractivity contribution in [3.8, 4) is 5.75 Å². The van der Waals surface area contributed by atoms with E-state index in [0.29, 0.717) is 25.9 Å². The third-order valence-corrected chi connectivity index (χ3v) is 5.21. The molecular weight excluding hydrogens is 376 g/mol. The van der Waals surface area contributed by atoms with Crippen molar-refractivity contribution in [2.45, 2.75) is 52.0 Å². The lowest BCUT2D eigenvalue weighted by Gasteiger charge is -2.31. The number of ether oxygens (including phenoxy) is 1. The molecule has 2 amide bonds. The summed E-state index contributed by atoms with van der Waals surface area (Å²) in [4.78, 5) is 27.8. The molecule has 0 aromatic heterocycles. The Morgan fingerprint density at radius 3 is 2.30 bits per heavy atom. The van der Waals surface area contributed by atoms with Crippen LogP contribution in [0.3, 0.4) is 0 Å². The summed E-state index contributed by atoms with van der Waals surface area (Å²) in [5, 5.41) is 3.00. The SMILES string of the molecule is CCCCNC(=O)[C@H](CC)N(CCc1ccccc1)C(=O)Cc1ccc(OC)cc1. The van der Waals surface area contributed by atoms with E-state index in [4.69, 9.17) is 4.74 Å². The van der Waals surface area contributed by atoms with E-state index in [0.717, 1.165) is 29.7 Å². The minimum atomic E-state index is -0.462. The van der Waals surface area contributed by atoms with Crippen LogP contribution >= 0.6 is 0 Å². The van der Waals surface area contributed by atoms with Crippen molar-refractivity contribution >= 4 is 11.8 Å². The number of amides is 2. The smallest absolute Gasteiger partial charge is 0.242 e. The normalized spacial score (nSPS) is 11.6. The lowest BCUT2D eigenvalue weighted by Crippen LogP contribution is -2.50. The fourth-order valence-corrected chi connectivity index (χ4v) is 3.42. The molecule has 0 aliphatic carbocycles. The number of nitrogens with one attached hydrogen (secondary N) is 1. The number of methoxy groups -OCH3 is 1. The Hall–Kier alpha value is -2.82. The van der Waals surface area contributed by atoms with E-state index in [9.17, 15) is 9.59 Å². The Morgan fingerprint density at radius 2 is 1.70 bits per heavy atom. The van der Waals surface area contributed by atoms with Gasteiger partial charge in [-0.3, -0.25) is 9.59 Å². The van der Waals surface area contributed by atoms with Crippen molar-refractivity contribution in [3.05, 3.63) is 65.7 Å². The third kappa shape index (κ3) is 7.21. The highest BCUT2D eigenvalue weighted by Crippen LogP contribution is 2.15. The van der Waals surface area contributed by atoms with Gasteiger partial charge in [0.1, 0.15) is 11.8 Å². The summed E-state index contributed by atoms with van der Waals surface area (Å²) in [5.74, 6) is 0.657. The molecule has 0 saturated carbocycles. The largest absolute Gasteiger partial charge is 0.497 e. The summed E-state index contributed by atoms with van der Waals surface area (Å²) < 4.78 is 5.19. The van der Waals surface area contributed by atoms with E-state index in [1.807, 2.05) is 49.4 Å². The standard InChI is InChI=1S/C25H34N2O3/c1-4-6-17-26-25(29)23(5-2)27(18-16-20-10-8-7-9-11-20)24(28)19-21-12-14-22(30-3)15-13-21/h7-15,23H,4-6,16-19H2,1-3H3,(H,26,29)/t23-/m0/s1. The van der Waals surface area contributed by atoms with E-state index < -0.39 is 6.04 Å². The molecule has 2 aromatic rings. The van der Waals surface area contributed by atoms with E-state index >= 15 is 0 Å². The number of carbonyl (C=O) groups excluding carboxylic acids is 2. The van der Waals surface area contributed by atoms with Gasteiger partial charge in [-0.2, -0.15) is 0 Å². The molecule has 0 aliphatic heterocycles. The van der Waals surface area contributed by atoms with Crippen LogP contribution in [0.25, 0.3) is 0 Å². The molecule has 0 spiro atoms. The van der Waals surface area contributed by atoms with Crippen LogP contribution in [-0.4, -0.2) is 43.0 Å². The van der Waals surface area contributed by atoms with Gasteiger partial charge in [0, 0.05) is 13.1 Å². The van der Waals surface area contributed by atoms with Gasteiger partial charge in [-0.25, -0.2) is 0 Å². The van der Waals surface area contributed by atoms with Gasteiger partial charge in [0.15, 0.2) is 0 Å². The third-order valence-electron chi connectivity index (χ3n) is 5.21. The van der Waals surface area contributed by atoms with Crippen molar-refractivity contribution < 1.29 is 14.3 Å². The van der Waals surface area contributed by atoms with Gasteiger partial charge in [0.2, 0.25) is 11.8 Å². The van der Waals surface area contributed by atoms with Crippen LogP contribution in [0.1, 0.15) is 44.2 Å². The first-order chi connectivity index (χ1) is 14.6. The van der Waals surface area contributed by atoms with Crippen LogP contribution in [0.15, 0.2) is 54.6 Å². The topological polar surface area (TPSA) is 58.6 Å². The van der Waals surface area contributed by atoms with Crippen LogP contribution in [0.4, 0.5) is 0 Å². The van der Waals surface area contributed by atoms with E-state index in [-0.39, 0.29) is 18.2 Å². The Morgan fingerprint density at radius 1 is 1.00 bits per heavy atom. The fourth-order valence-electron chi connectivity index (χ4n) is 3.42. The van der Waals surface area contributed by atoms with Crippen molar-refractivity contribution in [1.82, 2.24) is 10.2 Å². The molecule has 2 rings (SSSR count). The van der Waals surface area contributed by atoms with E-state index in [1.54, 1.807) is 12.0 Å². The zero-order valence-corrected chi connectivity index (χ0v) is 18.4. The molecule has 162 valence electrons. The Labute approximate surface area is 180 Å². The second-order valence-electron chi connectivity index (χ2n) is 7.42. The molecule has 0 fully saturated rings. The summed E-state index contributed by atoms with van der Waals surface area (Å²) in [6, 6.07) is 17.1. The van der Waals surface area contributed by atoms with Gasteiger partial charge in [0.25, 0.3) is 0 Å². The monoisotopic (exact) mass is 410 g/mol. The Bertz CT molecular complexity index is 775. The first kappa shape index (κ1) is 23.5. The second-order valence-corrected chi connectivity index (χ2v) is 7.42. The van der Waals surface area contributed by atoms with Gasteiger partial charge < -0.3 is 15.0 Å². The maximum atomic E-state index is 13.2. The van der Waals surface area contributed by atoms with Gasteiger partial charge in [-0.05, 0) is 42.5 Å². The summed E-state index contributed by atoms with van der Waals surface area (Å²) in [6.07, 6.45) is 3.52. The fraction of sp³-hybridized carbons (Fsp3) is 0.440. The van der Waals surface area contributed by atoms with Crippen LogP contribution in [0, 0.1) is 0 Å². The molecule has 0 saturated heterocycles. The number of hydrogen-bond donors (Lipinski definition) is 1. The molecule has 5 nitrogen and oxygen atoms in total. The lowest BCUT2D eigenvalue weighted by atomic mass is 10.1. The molecule has 0 bridgehead atoms. The van der Waals surface area contributed by atoms with Gasteiger partial charge in [-0.15, -0.1) is 0 Å². The van der Waals surface area contributed by atoms with Crippen molar-refractivity contribution in [3.63, 3.8) is 0 Å². The summed E-state index contributed by atoms with van der Waals surface area (Å²) >= 11 is 0. The number of nitrogens with zero attached hydrogens (tertiary/aromatic N) is 1. The number of rotatable bonds is 12. The molecule has 1 atom stereocenters. The van der Waals surface area contributed by atoms with E-state index in [2.05, 4.69) is 24.4 Å². The first-order valence-electron chi connectivity index (χ1n) is 10.8. The lowest BCUT2D eigenvalue weighted by molar-refractivity contribution is -0.140. The first-order valence-corrected chi connectivity index (χ1v) is 10.8. The van der Waals surface area contributed by atoms with Crippen LogP contribution in [0.5, 0.6) is 5.75 Å². The molecule has 0 heterocycles. The van der Waals surface area contributed by atoms with Gasteiger partial charge in [-0.1, -0.05) is 62.7 Å². The Kier molecular flexibility index (Phi) is 9.92. The van der Waals surface area contributed by atoms with Gasteiger partial charge in [0.05, 0.1) is 13.5 Å². The average molecular weight is 411 g/mol. The molecule has 30 heavy (non-hydrogen) atoms. The zero-order valence-electron chi connectivity index (χ0n) is 18.4. The van der Waals surface area contributed by atoms with Crippen molar-refractivity contribution in [1.29, 1.82) is 0 Å². The highest BCUT2D eigenvalue weighted by Gasteiger charge is 2.28. The van der Waals surface area contributed by atoms with Crippen LogP contribution in [-0.2, 0) is 22.4 Å². The number of hydrogen-bond acceptors (Lipinski definition) is 3. The van der Waals surface area contributed by atoms with Gasteiger partial charge >= 0.3 is 0 Å². The van der Waals surface area contributed by atoms with Crippen molar-refractivity contribution in [2.24, 2.45) is 0 Å². The summed E-state index contributed by atoms with van der Waals surface area (Å²) in [7, 11) is 1.62. The van der Waals surface area contributed by atoms with Crippen molar-refractivity contribution in [2.75, 3.05) is 20.2 Å². The second kappa shape index (κ2) is 12.7. The summed E-state index contributed by atoms with van der Waals surface area (Å²) in [5.41, 5.74) is 2.06.